The quantitative estimate of drug-likeness (QED) is 0.782. The summed E-state index contributed by atoms with van der Waals surface area (Å²) in [5, 5.41) is 0. The van der Waals surface area contributed by atoms with E-state index in [-0.39, 0.29) is 0 Å². The van der Waals surface area contributed by atoms with E-state index in [1.165, 1.54) is 11.1 Å². The zero-order valence-corrected chi connectivity index (χ0v) is 8.38. The van der Waals surface area contributed by atoms with Crippen LogP contribution in [-0.4, -0.2) is 20.3 Å². The molecule has 1 aliphatic rings. The van der Waals surface area contributed by atoms with E-state index in [0.717, 1.165) is 30.9 Å². The van der Waals surface area contributed by atoms with Gasteiger partial charge in [-0.2, -0.15) is 0 Å². The van der Waals surface area contributed by atoms with Crippen LogP contribution >= 0.6 is 0 Å². The van der Waals surface area contributed by atoms with Crippen LogP contribution in [0.1, 0.15) is 11.1 Å². The van der Waals surface area contributed by atoms with Crippen LogP contribution in [0.15, 0.2) is 12.1 Å². The topological polar surface area (TPSA) is 44.5 Å². The summed E-state index contributed by atoms with van der Waals surface area (Å²) in [6.45, 7) is 1.43. The molecule has 0 atom stereocenters. The summed E-state index contributed by atoms with van der Waals surface area (Å²) in [7, 11) is 1.67. The van der Waals surface area contributed by atoms with E-state index >= 15 is 0 Å². The fraction of sp³-hybridized carbons (Fsp3) is 0.455. The molecule has 0 saturated heterocycles. The third-order valence-electron chi connectivity index (χ3n) is 2.46. The number of hydrogen-bond donors (Lipinski definition) is 1. The molecule has 0 radical (unpaired) electrons. The maximum absolute atomic E-state index is 5.53. The highest BCUT2D eigenvalue weighted by atomic mass is 16.5. The Bertz CT molecular complexity index is 336. The molecule has 0 saturated carbocycles. The summed E-state index contributed by atoms with van der Waals surface area (Å²) in [4.78, 5) is 0. The Morgan fingerprint density at radius 3 is 3.07 bits per heavy atom. The van der Waals surface area contributed by atoms with Crippen LogP contribution in [0.25, 0.3) is 0 Å². The normalized spacial score (nSPS) is 13.6. The number of nitrogens with two attached hydrogens (primary N) is 1. The van der Waals surface area contributed by atoms with Crippen molar-refractivity contribution in [2.45, 2.75) is 12.8 Å². The maximum atomic E-state index is 5.53. The largest absolute Gasteiger partial charge is 0.493 e. The van der Waals surface area contributed by atoms with Crippen molar-refractivity contribution in [2.24, 2.45) is 5.73 Å². The van der Waals surface area contributed by atoms with Gasteiger partial charge in [0.15, 0.2) is 11.5 Å². The van der Waals surface area contributed by atoms with Crippen molar-refractivity contribution >= 4 is 0 Å². The van der Waals surface area contributed by atoms with Gasteiger partial charge in [-0.1, -0.05) is 6.07 Å². The van der Waals surface area contributed by atoms with Crippen LogP contribution in [0.3, 0.4) is 0 Å². The van der Waals surface area contributed by atoms with Crippen molar-refractivity contribution in [2.75, 3.05) is 20.3 Å². The van der Waals surface area contributed by atoms with E-state index in [2.05, 4.69) is 6.07 Å². The highest BCUT2D eigenvalue weighted by Crippen LogP contribution is 2.36. The fourth-order valence-corrected chi connectivity index (χ4v) is 1.80. The Labute approximate surface area is 83.8 Å². The molecule has 0 unspecified atom stereocenters. The zero-order chi connectivity index (χ0) is 9.97. The van der Waals surface area contributed by atoms with Gasteiger partial charge in [-0.15, -0.1) is 0 Å². The van der Waals surface area contributed by atoms with Crippen LogP contribution in [0.4, 0.5) is 0 Å². The third kappa shape index (κ3) is 1.55. The molecule has 0 aliphatic carbocycles. The predicted octanol–water partition coefficient (Wildman–Crippen LogP) is 1.13. The maximum Gasteiger partial charge on any atom is 0.164 e. The lowest BCUT2D eigenvalue weighted by Crippen LogP contribution is -2.03. The van der Waals surface area contributed by atoms with Gasteiger partial charge in [0.25, 0.3) is 0 Å². The predicted molar refractivity (Wildman–Crippen MR) is 55.0 cm³/mol. The Morgan fingerprint density at radius 2 is 2.36 bits per heavy atom. The van der Waals surface area contributed by atoms with Gasteiger partial charge >= 0.3 is 0 Å². The minimum absolute atomic E-state index is 0.669. The second kappa shape index (κ2) is 3.88. The van der Waals surface area contributed by atoms with Crippen LogP contribution in [-0.2, 0) is 12.8 Å². The third-order valence-corrected chi connectivity index (χ3v) is 2.46. The summed E-state index contributed by atoms with van der Waals surface area (Å²) < 4.78 is 10.8. The Kier molecular flexibility index (Phi) is 2.59. The van der Waals surface area contributed by atoms with Crippen molar-refractivity contribution in [3.63, 3.8) is 0 Å². The van der Waals surface area contributed by atoms with Gasteiger partial charge in [-0.3, -0.25) is 0 Å². The van der Waals surface area contributed by atoms with Gasteiger partial charge in [-0.25, -0.2) is 0 Å². The van der Waals surface area contributed by atoms with Gasteiger partial charge in [0.2, 0.25) is 0 Å². The minimum Gasteiger partial charge on any atom is -0.493 e. The molecule has 3 heteroatoms. The van der Waals surface area contributed by atoms with E-state index < -0.39 is 0 Å². The van der Waals surface area contributed by atoms with Crippen molar-refractivity contribution in [3.05, 3.63) is 23.3 Å². The van der Waals surface area contributed by atoms with Crippen molar-refractivity contribution in [1.29, 1.82) is 0 Å². The standard InChI is InChI=1S/C11H15NO2/c1-13-10-7-8(2-4-12)6-9-3-5-14-11(9)10/h6-7H,2-5,12H2,1H3. The Balaban J connectivity index is 2.39. The number of ether oxygens (including phenoxy) is 2. The molecule has 14 heavy (non-hydrogen) atoms. The van der Waals surface area contributed by atoms with E-state index in [1.807, 2.05) is 6.07 Å². The molecule has 1 aromatic rings. The molecule has 0 aromatic heterocycles. The van der Waals surface area contributed by atoms with Crippen LogP contribution in [0.5, 0.6) is 11.5 Å². The molecule has 2 rings (SSSR count). The summed E-state index contributed by atoms with van der Waals surface area (Å²) >= 11 is 0. The number of hydrogen-bond acceptors (Lipinski definition) is 3. The smallest absolute Gasteiger partial charge is 0.164 e. The molecule has 3 nitrogen and oxygen atoms in total. The molecule has 0 bridgehead atoms. The monoisotopic (exact) mass is 193 g/mol. The molecule has 2 N–H and O–H groups in total. The van der Waals surface area contributed by atoms with Crippen molar-refractivity contribution < 1.29 is 9.47 Å². The second-order valence-corrected chi connectivity index (χ2v) is 3.42. The molecular formula is C11H15NO2. The SMILES string of the molecule is COc1cc(CCN)cc2c1OCC2. The molecule has 1 aliphatic heterocycles. The summed E-state index contributed by atoms with van der Waals surface area (Å²) in [5.41, 5.74) is 8.00. The molecule has 0 spiro atoms. The molecule has 0 fully saturated rings. The minimum atomic E-state index is 0.669. The fourth-order valence-electron chi connectivity index (χ4n) is 1.80. The van der Waals surface area contributed by atoms with E-state index in [0.29, 0.717) is 6.54 Å². The lowest BCUT2D eigenvalue weighted by molar-refractivity contribution is 0.326. The van der Waals surface area contributed by atoms with Gasteiger partial charge < -0.3 is 15.2 Å². The summed E-state index contributed by atoms with van der Waals surface area (Å²) in [5.74, 6) is 1.75. The van der Waals surface area contributed by atoms with Gasteiger partial charge in [0.05, 0.1) is 13.7 Å². The van der Waals surface area contributed by atoms with E-state index in [9.17, 15) is 0 Å². The van der Waals surface area contributed by atoms with Crippen LogP contribution in [0, 0.1) is 0 Å². The molecular weight excluding hydrogens is 178 g/mol. The first kappa shape index (κ1) is 9.34. The van der Waals surface area contributed by atoms with Gasteiger partial charge in [0.1, 0.15) is 0 Å². The zero-order valence-electron chi connectivity index (χ0n) is 8.38. The number of methoxy groups -OCH3 is 1. The molecule has 76 valence electrons. The molecule has 0 amide bonds. The summed E-state index contributed by atoms with van der Waals surface area (Å²) in [6, 6.07) is 4.18. The first-order chi connectivity index (χ1) is 6.85. The highest BCUT2D eigenvalue weighted by molar-refractivity contribution is 5.51. The molecule has 1 heterocycles. The number of benzene rings is 1. The Hall–Kier alpha value is -1.22. The molecule has 1 aromatic carbocycles. The van der Waals surface area contributed by atoms with Gasteiger partial charge in [-0.05, 0) is 24.6 Å². The lowest BCUT2D eigenvalue weighted by Gasteiger charge is -2.09. The van der Waals surface area contributed by atoms with Crippen molar-refractivity contribution in [1.82, 2.24) is 0 Å². The van der Waals surface area contributed by atoms with Crippen LogP contribution < -0.4 is 15.2 Å². The first-order valence-electron chi connectivity index (χ1n) is 4.88. The average Bonchev–Trinajstić information content (AvgIpc) is 2.65. The number of rotatable bonds is 3. The lowest BCUT2D eigenvalue weighted by atomic mass is 10.1. The first-order valence-corrected chi connectivity index (χ1v) is 4.88. The van der Waals surface area contributed by atoms with Crippen molar-refractivity contribution in [3.8, 4) is 11.5 Å². The highest BCUT2D eigenvalue weighted by Gasteiger charge is 2.17. The van der Waals surface area contributed by atoms with E-state index in [1.54, 1.807) is 7.11 Å². The average molecular weight is 193 g/mol. The number of fused-ring (bicyclic) bond motifs is 1. The summed E-state index contributed by atoms with van der Waals surface area (Å²) in [6.07, 6.45) is 1.87. The second-order valence-electron chi connectivity index (χ2n) is 3.42. The van der Waals surface area contributed by atoms with Crippen LogP contribution in [0.2, 0.25) is 0 Å². The Morgan fingerprint density at radius 1 is 1.50 bits per heavy atom. The van der Waals surface area contributed by atoms with E-state index in [4.69, 9.17) is 15.2 Å². The van der Waals surface area contributed by atoms with Gasteiger partial charge in [0, 0.05) is 12.0 Å².